The Morgan fingerprint density at radius 2 is 1.93 bits per heavy atom. The number of aliphatic carboxylic acids is 1. The minimum absolute atomic E-state index is 0.203. The molecule has 0 saturated carbocycles. The Labute approximate surface area is 84.3 Å². The molecule has 0 aliphatic heterocycles. The van der Waals surface area contributed by atoms with E-state index in [4.69, 9.17) is 15.6 Å². The molecule has 1 aromatic carbocycles. The maximum Gasteiger partial charge on any atom is 0.346 e. The zero-order valence-electron chi connectivity index (χ0n) is 7.61. The number of hydrogen-bond donors (Lipinski definition) is 2. The van der Waals surface area contributed by atoms with Crippen LogP contribution in [0.5, 0.6) is 5.75 Å². The lowest BCUT2D eigenvalue weighted by atomic mass is 10.3. The molecule has 0 aliphatic carbocycles. The predicted octanol–water partition coefficient (Wildman–Crippen LogP) is 0.756. The van der Waals surface area contributed by atoms with Crippen molar-refractivity contribution in [1.29, 1.82) is 0 Å². The third kappa shape index (κ3) is 3.17. The van der Waals surface area contributed by atoms with Crippen LogP contribution in [0.15, 0.2) is 18.2 Å². The number of carboxylic acids is 1. The molecule has 0 fully saturated rings. The van der Waals surface area contributed by atoms with Crippen LogP contribution >= 0.6 is 0 Å². The van der Waals surface area contributed by atoms with Gasteiger partial charge in [-0.1, -0.05) is 0 Å². The lowest BCUT2D eigenvalue weighted by Gasteiger charge is -2.12. The summed E-state index contributed by atoms with van der Waals surface area (Å²) in [7, 11) is 0. The number of carboxylic acid groups (broad SMARTS) is 1. The van der Waals surface area contributed by atoms with Gasteiger partial charge in [0.2, 0.25) is 6.10 Å². The summed E-state index contributed by atoms with van der Waals surface area (Å²) in [5.74, 6) is -3.18. The number of ether oxygens (including phenoxy) is 1. The standard InChI is InChI=1S/C9H9F2NO3/c10-5-1-6(11)3-7(2-5)15-8(4-12)9(13)14/h1-3,8H,4,12H2,(H,13,14). The molecule has 0 amide bonds. The normalized spacial score (nSPS) is 12.2. The topological polar surface area (TPSA) is 72.5 Å². The molecular formula is C9H9F2NO3. The number of halogens is 2. The van der Waals surface area contributed by atoms with Crippen LogP contribution in [0.25, 0.3) is 0 Å². The van der Waals surface area contributed by atoms with Crippen molar-refractivity contribution in [2.24, 2.45) is 5.73 Å². The first-order chi connectivity index (χ1) is 7.02. The maximum atomic E-state index is 12.7. The Balaban J connectivity index is 2.83. The van der Waals surface area contributed by atoms with Crippen molar-refractivity contribution in [2.45, 2.75) is 6.10 Å². The zero-order chi connectivity index (χ0) is 11.4. The van der Waals surface area contributed by atoms with Gasteiger partial charge in [-0.05, 0) is 0 Å². The number of benzene rings is 1. The molecule has 4 nitrogen and oxygen atoms in total. The highest BCUT2D eigenvalue weighted by atomic mass is 19.1. The van der Waals surface area contributed by atoms with E-state index < -0.39 is 23.7 Å². The molecule has 82 valence electrons. The van der Waals surface area contributed by atoms with Crippen LogP contribution in [-0.4, -0.2) is 23.7 Å². The van der Waals surface area contributed by atoms with E-state index in [-0.39, 0.29) is 12.3 Å². The van der Waals surface area contributed by atoms with Crippen molar-refractivity contribution in [3.05, 3.63) is 29.8 Å². The second-order valence-electron chi connectivity index (χ2n) is 2.79. The van der Waals surface area contributed by atoms with Gasteiger partial charge < -0.3 is 15.6 Å². The highest BCUT2D eigenvalue weighted by Crippen LogP contribution is 2.16. The molecule has 0 saturated heterocycles. The Kier molecular flexibility index (Phi) is 3.56. The van der Waals surface area contributed by atoms with Gasteiger partial charge in [0.25, 0.3) is 0 Å². The Hall–Kier alpha value is -1.69. The van der Waals surface area contributed by atoms with E-state index in [1.54, 1.807) is 0 Å². The first-order valence-electron chi connectivity index (χ1n) is 4.08. The van der Waals surface area contributed by atoms with Gasteiger partial charge in [0.15, 0.2) is 0 Å². The average Bonchev–Trinajstić information content (AvgIpc) is 2.12. The molecule has 15 heavy (non-hydrogen) atoms. The van der Waals surface area contributed by atoms with Crippen molar-refractivity contribution in [3.63, 3.8) is 0 Å². The summed E-state index contributed by atoms with van der Waals surface area (Å²) in [5.41, 5.74) is 5.10. The van der Waals surface area contributed by atoms with E-state index >= 15 is 0 Å². The molecule has 6 heteroatoms. The minimum atomic E-state index is -1.31. The number of hydrogen-bond acceptors (Lipinski definition) is 3. The summed E-state index contributed by atoms with van der Waals surface area (Å²) >= 11 is 0. The van der Waals surface area contributed by atoms with E-state index in [9.17, 15) is 13.6 Å². The average molecular weight is 217 g/mol. The van der Waals surface area contributed by atoms with Crippen LogP contribution in [0.3, 0.4) is 0 Å². The molecule has 1 atom stereocenters. The highest BCUT2D eigenvalue weighted by Gasteiger charge is 2.17. The zero-order valence-corrected chi connectivity index (χ0v) is 7.61. The Morgan fingerprint density at radius 3 is 2.33 bits per heavy atom. The number of rotatable bonds is 4. The van der Waals surface area contributed by atoms with E-state index in [1.165, 1.54) is 0 Å². The van der Waals surface area contributed by atoms with Crippen molar-refractivity contribution < 1.29 is 23.4 Å². The minimum Gasteiger partial charge on any atom is -0.478 e. The smallest absolute Gasteiger partial charge is 0.346 e. The lowest BCUT2D eigenvalue weighted by Crippen LogP contribution is -2.34. The van der Waals surface area contributed by atoms with Crippen LogP contribution in [0.1, 0.15) is 0 Å². The third-order valence-corrected chi connectivity index (χ3v) is 1.60. The van der Waals surface area contributed by atoms with Gasteiger partial charge in [-0.3, -0.25) is 0 Å². The van der Waals surface area contributed by atoms with Gasteiger partial charge in [-0.15, -0.1) is 0 Å². The molecule has 3 N–H and O–H groups in total. The molecule has 1 unspecified atom stereocenters. The molecular weight excluding hydrogens is 208 g/mol. The second-order valence-corrected chi connectivity index (χ2v) is 2.79. The van der Waals surface area contributed by atoms with Crippen molar-refractivity contribution in [2.75, 3.05) is 6.54 Å². The molecule has 1 aromatic rings. The molecule has 0 heterocycles. The lowest BCUT2D eigenvalue weighted by molar-refractivity contribution is -0.144. The molecule has 0 aromatic heterocycles. The molecule has 0 bridgehead atoms. The summed E-state index contributed by atoms with van der Waals surface area (Å²) in [6.07, 6.45) is -1.31. The van der Waals surface area contributed by atoms with Gasteiger partial charge in [0.1, 0.15) is 17.4 Å². The number of carbonyl (C=O) groups is 1. The van der Waals surface area contributed by atoms with Crippen LogP contribution in [0.4, 0.5) is 8.78 Å². The summed E-state index contributed by atoms with van der Waals surface area (Å²) in [4.78, 5) is 10.5. The van der Waals surface area contributed by atoms with Gasteiger partial charge >= 0.3 is 5.97 Å². The Bertz CT molecular complexity index is 350. The van der Waals surface area contributed by atoms with Gasteiger partial charge in [0, 0.05) is 24.7 Å². The third-order valence-electron chi connectivity index (χ3n) is 1.60. The van der Waals surface area contributed by atoms with Crippen molar-refractivity contribution in [3.8, 4) is 5.75 Å². The monoisotopic (exact) mass is 217 g/mol. The quantitative estimate of drug-likeness (QED) is 0.780. The predicted molar refractivity (Wildman–Crippen MR) is 47.5 cm³/mol. The molecule has 0 aliphatic rings. The van der Waals surface area contributed by atoms with Crippen LogP contribution in [-0.2, 0) is 4.79 Å². The SMILES string of the molecule is NCC(Oc1cc(F)cc(F)c1)C(=O)O. The summed E-state index contributed by atoms with van der Waals surface area (Å²) in [5, 5.41) is 8.58. The highest BCUT2D eigenvalue weighted by molar-refractivity contribution is 5.73. The fourth-order valence-electron chi connectivity index (χ4n) is 0.960. The first kappa shape index (κ1) is 11.4. The number of nitrogens with two attached hydrogens (primary N) is 1. The van der Waals surface area contributed by atoms with Crippen molar-refractivity contribution >= 4 is 5.97 Å². The fraction of sp³-hybridized carbons (Fsp3) is 0.222. The van der Waals surface area contributed by atoms with E-state index in [1.807, 2.05) is 0 Å². The van der Waals surface area contributed by atoms with E-state index in [2.05, 4.69) is 0 Å². The Morgan fingerprint density at radius 1 is 1.40 bits per heavy atom. The maximum absolute atomic E-state index is 12.7. The van der Waals surface area contributed by atoms with Gasteiger partial charge in [-0.25, -0.2) is 13.6 Å². The summed E-state index contributed by atoms with van der Waals surface area (Å²) in [6.45, 7) is -0.284. The van der Waals surface area contributed by atoms with Gasteiger partial charge in [0.05, 0.1) is 0 Å². The largest absolute Gasteiger partial charge is 0.478 e. The van der Waals surface area contributed by atoms with E-state index in [0.717, 1.165) is 12.1 Å². The van der Waals surface area contributed by atoms with E-state index in [0.29, 0.717) is 6.07 Å². The second kappa shape index (κ2) is 4.70. The van der Waals surface area contributed by atoms with Crippen LogP contribution < -0.4 is 10.5 Å². The molecule has 0 spiro atoms. The van der Waals surface area contributed by atoms with Crippen LogP contribution in [0.2, 0.25) is 0 Å². The van der Waals surface area contributed by atoms with Gasteiger partial charge in [-0.2, -0.15) is 0 Å². The molecule has 1 rings (SSSR count). The fourth-order valence-corrected chi connectivity index (χ4v) is 0.960. The van der Waals surface area contributed by atoms with Crippen LogP contribution in [0, 0.1) is 11.6 Å². The summed E-state index contributed by atoms with van der Waals surface area (Å²) in [6, 6.07) is 2.43. The first-order valence-corrected chi connectivity index (χ1v) is 4.08. The summed E-state index contributed by atoms with van der Waals surface area (Å²) < 4.78 is 30.2. The van der Waals surface area contributed by atoms with Crippen molar-refractivity contribution in [1.82, 2.24) is 0 Å². The molecule has 0 radical (unpaired) electrons.